The van der Waals surface area contributed by atoms with E-state index >= 15 is 0 Å². The largest absolute Gasteiger partial charge is 0.495 e. The smallest absolute Gasteiger partial charge is 0.255 e. The van der Waals surface area contributed by atoms with Crippen LogP contribution in [-0.4, -0.2) is 40.1 Å². The van der Waals surface area contributed by atoms with Crippen molar-refractivity contribution in [2.45, 2.75) is 45.0 Å². The number of nitrogens with one attached hydrogen (secondary N) is 2. The number of nitrogens with zero attached hydrogens (tertiary/aromatic N) is 3. The Labute approximate surface area is 270 Å². The summed E-state index contributed by atoms with van der Waals surface area (Å²) in [7, 11) is 1.57. The normalized spacial score (nSPS) is 14.1. The maximum Gasteiger partial charge on any atom is 0.255 e. The van der Waals surface area contributed by atoms with Gasteiger partial charge in [-0.15, -0.1) is 5.10 Å². The van der Waals surface area contributed by atoms with Crippen molar-refractivity contribution in [3.8, 4) is 17.2 Å². The number of rotatable bonds is 12. The van der Waals surface area contributed by atoms with Crippen molar-refractivity contribution in [3.05, 3.63) is 93.1 Å². The summed E-state index contributed by atoms with van der Waals surface area (Å²) in [5, 5.41) is 12.7. The number of benzene rings is 3. The second-order valence-electron chi connectivity index (χ2n) is 9.91. The van der Waals surface area contributed by atoms with Crippen LogP contribution >= 0.6 is 35.0 Å². The predicted molar refractivity (Wildman–Crippen MR) is 176 cm³/mol. The third kappa shape index (κ3) is 6.93. The first-order chi connectivity index (χ1) is 21.3. The summed E-state index contributed by atoms with van der Waals surface area (Å²) < 4.78 is 19.4. The van der Waals surface area contributed by atoms with E-state index in [0.29, 0.717) is 62.0 Å². The quantitative estimate of drug-likeness (QED) is 0.148. The first kappa shape index (κ1) is 31.6. The molecule has 0 saturated carbocycles. The number of hydrogen-bond acceptors (Lipinski definition) is 8. The number of ether oxygens (including phenoxy) is 3. The number of fused-ring (bicyclic) bond motifs is 1. The molecule has 0 spiro atoms. The van der Waals surface area contributed by atoms with E-state index in [0.717, 1.165) is 23.3 Å². The Kier molecular flexibility index (Phi) is 10.2. The Morgan fingerprint density at radius 2 is 1.84 bits per heavy atom. The highest BCUT2D eigenvalue weighted by Crippen LogP contribution is 2.40. The molecule has 2 N–H and O–H groups in total. The van der Waals surface area contributed by atoms with Crippen molar-refractivity contribution in [3.63, 3.8) is 0 Å². The molecule has 1 unspecified atom stereocenters. The number of carbonyl (C=O) groups excluding carboxylic acids is 1. The lowest BCUT2D eigenvalue weighted by atomic mass is 9.94. The average molecular weight is 655 g/mol. The maximum atomic E-state index is 14.0. The van der Waals surface area contributed by atoms with Crippen LogP contribution in [0.5, 0.6) is 17.2 Å². The van der Waals surface area contributed by atoms with E-state index in [1.54, 1.807) is 47.8 Å². The van der Waals surface area contributed by atoms with Gasteiger partial charge in [0.2, 0.25) is 11.1 Å². The number of thioether (sulfide) groups is 1. The highest BCUT2D eigenvalue weighted by molar-refractivity contribution is 7.99. The summed E-state index contributed by atoms with van der Waals surface area (Å²) in [6, 6.07) is 17.7. The van der Waals surface area contributed by atoms with Crippen molar-refractivity contribution in [1.29, 1.82) is 0 Å². The number of halogens is 2. The van der Waals surface area contributed by atoms with Crippen LogP contribution < -0.4 is 24.8 Å². The third-order valence-corrected chi connectivity index (χ3v) is 8.61. The van der Waals surface area contributed by atoms with Crippen molar-refractivity contribution in [1.82, 2.24) is 14.8 Å². The minimum Gasteiger partial charge on any atom is -0.495 e. The van der Waals surface area contributed by atoms with Gasteiger partial charge in [0.1, 0.15) is 18.4 Å². The molecule has 1 aromatic heterocycles. The monoisotopic (exact) mass is 653 g/mol. The fraction of sp³-hybridized carbons (Fsp3) is 0.281. The Bertz CT molecular complexity index is 1690. The molecule has 1 aliphatic rings. The van der Waals surface area contributed by atoms with E-state index in [2.05, 4.69) is 17.6 Å². The zero-order valence-electron chi connectivity index (χ0n) is 24.8. The molecule has 2 heterocycles. The lowest BCUT2D eigenvalue weighted by molar-refractivity contribution is -0.113. The summed E-state index contributed by atoms with van der Waals surface area (Å²) in [5.41, 5.74) is 3.34. The fourth-order valence-corrected chi connectivity index (χ4v) is 5.80. The van der Waals surface area contributed by atoms with Gasteiger partial charge in [0, 0.05) is 11.4 Å². The molecule has 0 saturated heterocycles. The second kappa shape index (κ2) is 14.3. The molecule has 230 valence electrons. The summed E-state index contributed by atoms with van der Waals surface area (Å²) >= 11 is 13.8. The van der Waals surface area contributed by atoms with E-state index in [1.165, 1.54) is 0 Å². The molecule has 9 nitrogen and oxygen atoms in total. The minimum absolute atomic E-state index is 0.264. The number of allylic oxidation sites excluding steroid dienone is 1. The maximum absolute atomic E-state index is 14.0. The van der Waals surface area contributed by atoms with Crippen LogP contribution in [0.25, 0.3) is 0 Å². The third-order valence-electron chi connectivity index (χ3n) is 6.83. The molecule has 0 bridgehead atoms. The molecule has 1 aliphatic heterocycles. The van der Waals surface area contributed by atoms with Gasteiger partial charge in [0.05, 0.1) is 35.0 Å². The molecule has 3 aromatic carbocycles. The molecule has 0 radical (unpaired) electrons. The molecule has 4 aromatic rings. The van der Waals surface area contributed by atoms with Gasteiger partial charge < -0.3 is 24.8 Å². The van der Waals surface area contributed by atoms with Crippen molar-refractivity contribution < 1.29 is 19.0 Å². The highest BCUT2D eigenvalue weighted by atomic mass is 35.5. The number of aromatic nitrogens is 3. The fourth-order valence-electron chi connectivity index (χ4n) is 4.80. The summed E-state index contributed by atoms with van der Waals surface area (Å²) in [6.45, 7) is 6.56. The molecule has 0 fully saturated rings. The molecule has 0 aliphatic carbocycles. The molecule has 44 heavy (non-hydrogen) atoms. The summed E-state index contributed by atoms with van der Waals surface area (Å²) in [5.74, 6) is 2.77. The zero-order chi connectivity index (χ0) is 31.2. The van der Waals surface area contributed by atoms with Crippen LogP contribution in [0.3, 0.4) is 0 Å². The first-order valence-electron chi connectivity index (χ1n) is 14.2. The Hall–Kier alpha value is -3.86. The lowest BCUT2D eigenvalue weighted by Gasteiger charge is -2.29. The molecule has 5 rings (SSSR count). The van der Waals surface area contributed by atoms with Gasteiger partial charge in [-0.2, -0.15) is 4.98 Å². The van der Waals surface area contributed by atoms with Gasteiger partial charge in [-0.3, -0.25) is 4.79 Å². The van der Waals surface area contributed by atoms with Crippen LogP contribution in [0.15, 0.2) is 77.1 Å². The Morgan fingerprint density at radius 3 is 2.59 bits per heavy atom. The second-order valence-corrected chi connectivity index (χ2v) is 11.8. The highest BCUT2D eigenvalue weighted by Gasteiger charge is 2.35. The molecule has 12 heteroatoms. The van der Waals surface area contributed by atoms with Crippen LogP contribution in [-0.2, 0) is 11.4 Å². The van der Waals surface area contributed by atoms with Crippen LogP contribution in [0.4, 0.5) is 11.6 Å². The van der Waals surface area contributed by atoms with E-state index in [1.807, 2.05) is 50.2 Å². The van der Waals surface area contributed by atoms with Gasteiger partial charge in [-0.25, -0.2) is 4.68 Å². The van der Waals surface area contributed by atoms with E-state index < -0.39 is 6.04 Å². The van der Waals surface area contributed by atoms with Gasteiger partial charge in [-0.05, 0) is 67.8 Å². The van der Waals surface area contributed by atoms with Crippen LogP contribution in [0.1, 0.15) is 44.4 Å². The average Bonchev–Trinajstić information content (AvgIpc) is 3.42. The summed E-state index contributed by atoms with van der Waals surface area (Å²) in [6.07, 6.45) is 0.983. The summed E-state index contributed by atoms with van der Waals surface area (Å²) in [4.78, 5) is 18.7. The molecule has 1 atom stereocenters. The SMILES string of the molecule is CCCSc1nc2n(n1)C(c1ccc(OCc3ccc(Cl)c(Cl)c3)c(OCC)c1)C(C(=O)Nc1ccccc1OC)=C(C)N2. The molecule has 1 amide bonds. The number of carbonyl (C=O) groups is 1. The van der Waals surface area contributed by atoms with Crippen molar-refractivity contribution in [2.24, 2.45) is 0 Å². The number of para-hydroxylation sites is 2. The van der Waals surface area contributed by atoms with Gasteiger partial charge in [0.15, 0.2) is 11.5 Å². The predicted octanol–water partition coefficient (Wildman–Crippen LogP) is 8.00. The van der Waals surface area contributed by atoms with Gasteiger partial charge >= 0.3 is 0 Å². The topological polar surface area (TPSA) is 99.5 Å². The standard InChI is InChI=1S/C32H33Cl2N5O4S/c1-5-15-44-32-37-31-35-19(3)28(30(40)36-24-9-7-8-10-25(24)41-4)29(39(31)38-32)21-12-14-26(27(17-21)42-6-2)43-18-20-11-13-22(33)23(34)16-20/h7-14,16-17,29H,5-6,15,18H2,1-4H3,(H,36,40)(H,35,37,38). The van der Waals surface area contributed by atoms with Crippen molar-refractivity contribution in [2.75, 3.05) is 30.1 Å². The van der Waals surface area contributed by atoms with E-state index in [9.17, 15) is 4.79 Å². The van der Waals surface area contributed by atoms with Crippen LogP contribution in [0.2, 0.25) is 10.0 Å². The van der Waals surface area contributed by atoms with Gasteiger partial charge in [0.25, 0.3) is 5.91 Å². The molecular formula is C32H33Cl2N5O4S. The first-order valence-corrected chi connectivity index (χ1v) is 15.9. The number of amides is 1. The minimum atomic E-state index is -0.604. The van der Waals surface area contributed by atoms with E-state index in [-0.39, 0.29) is 12.5 Å². The Morgan fingerprint density at radius 1 is 1.02 bits per heavy atom. The van der Waals surface area contributed by atoms with Crippen LogP contribution in [0, 0.1) is 0 Å². The zero-order valence-corrected chi connectivity index (χ0v) is 27.1. The number of hydrogen-bond donors (Lipinski definition) is 2. The number of methoxy groups -OCH3 is 1. The lowest BCUT2D eigenvalue weighted by Crippen LogP contribution is -2.31. The molecular weight excluding hydrogens is 621 g/mol. The number of anilines is 2. The van der Waals surface area contributed by atoms with E-state index in [4.69, 9.17) is 47.5 Å². The Balaban J connectivity index is 1.53. The van der Waals surface area contributed by atoms with Crippen molar-refractivity contribution >= 4 is 52.5 Å². The van der Waals surface area contributed by atoms with Gasteiger partial charge in [-0.1, -0.05) is 66.2 Å².